The first kappa shape index (κ1) is 12.7. The summed E-state index contributed by atoms with van der Waals surface area (Å²) in [6.07, 6.45) is 2.98. The summed E-state index contributed by atoms with van der Waals surface area (Å²) in [5.41, 5.74) is 8.21. The predicted octanol–water partition coefficient (Wildman–Crippen LogP) is 2.51. The zero-order chi connectivity index (χ0) is 11.4. The minimum atomic E-state index is 0.252. The molecule has 0 spiro atoms. The van der Waals surface area contributed by atoms with Gasteiger partial charge in [-0.05, 0) is 49.0 Å². The number of hydrogen-bond donors (Lipinski definition) is 1. The minimum Gasteiger partial charge on any atom is -0.328 e. The van der Waals surface area contributed by atoms with E-state index in [0.717, 1.165) is 31.5 Å². The van der Waals surface area contributed by atoms with Crippen LogP contribution in [0.5, 0.6) is 0 Å². The molecule has 0 aliphatic rings. The van der Waals surface area contributed by atoms with Crippen molar-refractivity contribution in [2.24, 2.45) is 5.73 Å². The topological polar surface area (TPSA) is 43.8 Å². The molecule has 3 nitrogen and oxygen atoms in total. The molecular weight excluding hydrogens is 254 g/mol. The second-order valence-electron chi connectivity index (χ2n) is 3.89. The van der Waals surface area contributed by atoms with Crippen molar-refractivity contribution in [3.63, 3.8) is 0 Å². The average Bonchev–Trinajstić information content (AvgIpc) is 2.51. The van der Waals surface area contributed by atoms with Crippen LogP contribution in [0.15, 0.2) is 4.47 Å². The zero-order valence-corrected chi connectivity index (χ0v) is 11.3. The summed E-state index contributed by atoms with van der Waals surface area (Å²) >= 11 is 3.63. The van der Waals surface area contributed by atoms with E-state index in [1.165, 1.54) is 10.2 Å². The lowest BCUT2D eigenvalue weighted by Gasteiger charge is -2.07. The molecule has 0 aliphatic heterocycles. The first-order valence-corrected chi connectivity index (χ1v) is 6.39. The van der Waals surface area contributed by atoms with Gasteiger partial charge < -0.3 is 5.73 Å². The minimum absolute atomic E-state index is 0.252. The van der Waals surface area contributed by atoms with E-state index in [2.05, 4.69) is 39.6 Å². The molecule has 15 heavy (non-hydrogen) atoms. The number of halogens is 1. The Morgan fingerprint density at radius 2 is 2.13 bits per heavy atom. The average molecular weight is 274 g/mol. The van der Waals surface area contributed by atoms with E-state index < -0.39 is 0 Å². The summed E-state index contributed by atoms with van der Waals surface area (Å²) < 4.78 is 3.25. The molecule has 1 unspecified atom stereocenters. The smallest absolute Gasteiger partial charge is 0.0766 e. The van der Waals surface area contributed by atoms with Crippen LogP contribution in [0.1, 0.15) is 38.6 Å². The highest BCUT2D eigenvalue weighted by Gasteiger charge is 2.13. The molecule has 0 fully saturated rings. The molecule has 0 bridgehead atoms. The van der Waals surface area contributed by atoms with E-state index in [9.17, 15) is 0 Å². The van der Waals surface area contributed by atoms with Crippen LogP contribution in [0.3, 0.4) is 0 Å². The van der Waals surface area contributed by atoms with Crippen molar-refractivity contribution in [3.05, 3.63) is 15.9 Å². The first-order valence-electron chi connectivity index (χ1n) is 5.59. The van der Waals surface area contributed by atoms with E-state index in [4.69, 9.17) is 5.73 Å². The summed E-state index contributed by atoms with van der Waals surface area (Å²) in [6, 6.07) is 0.252. The number of hydrogen-bond acceptors (Lipinski definition) is 2. The highest BCUT2D eigenvalue weighted by Crippen LogP contribution is 2.23. The van der Waals surface area contributed by atoms with Gasteiger partial charge >= 0.3 is 0 Å². The van der Waals surface area contributed by atoms with Crippen LogP contribution in [-0.2, 0) is 19.4 Å². The van der Waals surface area contributed by atoms with E-state index in [1.807, 2.05) is 6.92 Å². The van der Waals surface area contributed by atoms with Gasteiger partial charge in [0, 0.05) is 12.6 Å². The molecule has 1 aromatic heterocycles. The van der Waals surface area contributed by atoms with Crippen molar-refractivity contribution in [1.29, 1.82) is 0 Å². The fourth-order valence-electron chi connectivity index (χ4n) is 1.62. The predicted molar refractivity (Wildman–Crippen MR) is 66.9 cm³/mol. The number of nitrogens with zero attached hydrogens (tertiary/aromatic N) is 2. The Bertz CT molecular complexity index is 318. The van der Waals surface area contributed by atoms with E-state index in [0.29, 0.717) is 0 Å². The van der Waals surface area contributed by atoms with Gasteiger partial charge in [-0.3, -0.25) is 4.68 Å². The van der Waals surface area contributed by atoms with Crippen LogP contribution in [0.4, 0.5) is 0 Å². The fourth-order valence-corrected chi connectivity index (χ4v) is 2.38. The molecule has 0 aromatic carbocycles. The lowest BCUT2D eigenvalue weighted by atomic mass is 10.1. The van der Waals surface area contributed by atoms with Gasteiger partial charge in [0.2, 0.25) is 0 Å². The van der Waals surface area contributed by atoms with E-state index in [-0.39, 0.29) is 6.04 Å². The Morgan fingerprint density at radius 3 is 2.60 bits per heavy atom. The Labute approximate surface area is 100 Å². The maximum atomic E-state index is 5.78. The molecule has 86 valence electrons. The molecule has 0 saturated heterocycles. The quantitative estimate of drug-likeness (QED) is 0.896. The standard InChI is InChI=1S/C11H20BrN3/c1-4-9-11(12)10(7-6-8(3)13)15(5-2)14-9/h8H,4-7,13H2,1-3H3. The Morgan fingerprint density at radius 1 is 1.47 bits per heavy atom. The Balaban J connectivity index is 2.88. The molecule has 1 rings (SSSR count). The maximum absolute atomic E-state index is 5.78. The van der Waals surface area contributed by atoms with Gasteiger partial charge in [-0.25, -0.2) is 0 Å². The molecule has 1 heterocycles. The van der Waals surface area contributed by atoms with Gasteiger partial charge in [0.15, 0.2) is 0 Å². The van der Waals surface area contributed by atoms with Gasteiger partial charge in [-0.2, -0.15) is 5.10 Å². The summed E-state index contributed by atoms with van der Waals surface area (Å²) in [7, 11) is 0. The van der Waals surface area contributed by atoms with Gasteiger partial charge in [0.1, 0.15) is 0 Å². The number of nitrogens with two attached hydrogens (primary N) is 1. The second-order valence-corrected chi connectivity index (χ2v) is 4.69. The van der Waals surface area contributed by atoms with Crippen molar-refractivity contribution in [1.82, 2.24) is 9.78 Å². The van der Waals surface area contributed by atoms with Crippen LogP contribution in [-0.4, -0.2) is 15.8 Å². The largest absolute Gasteiger partial charge is 0.328 e. The van der Waals surface area contributed by atoms with Crippen LogP contribution >= 0.6 is 15.9 Å². The molecule has 1 atom stereocenters. The molecule has 4 heteroatoms. The fraction of sp³-hybridized carbons (Fsp3) is 0.727. The van der Waals surface area contributed by atoms with Gasteiger partial charge in [0.25, 0.3) is 0 Å². The monoisotopic (exact) mass is 273 g/mol. The highest BCUT2D eigenvalue weighted by molar-refractivity contribution is 9.10. The molecule has 0 saturated carbocycles. The van der Waals surface area contributed by atoms with Crippen LogP contribution in [0.25, 0.3) is 0 Å². The van der Waals surface area contributed by atoms with Gasteiger partial charge in [-0.1, -0.05) is 6.92 Å². The van der Waals surface area contributed by atoms with E-state index >= 15 is 0 Å². The van der Waals surface area contributed by atoms with E-state index in [1.54, 1.807) is 0 Å². The normalized spacial score (nSPS) is 13.1. The van der Waals surface area contributed by atoms with Gasteiger partial charge in [-0.15, -0.1) is 0 Å². The summed E-state index contributed by atoms with van der Waals surface area (Å²) in [5.74, 6) is 0. The third-order valence-electron chi connectivity index (χ3n) is 2.53. The molecule has 0 radical (unpaired) electrons. The van der Waals surface area contributed by atoms with Crippen molar-refractivity contribution >= 4 is 15.9 Å². The third kappa shape index (κ3) is 3.05. The van der Waals surface area contributed by atoms with Crippen molar-refractivity contribution in [2.45, 2.75) is 52.6 Å². The number of rotatable bonds is 5. The first-order chi connectivity index (χ1) is 7.10. The molecule has 0 amide bonds. The van der Waals surface area contributed by atoms with Gasteiger partial charge in [0.05, 0.1) is 15.9 Å². The lowest BCUT2D eigenvalue weighted by Crippen LogP contribution is -2.16. The molecule has 1 aromatic rings. The lowest BCUT2D eigenvalue weighted by molar-refractivity contribution is 0.581. The Kier molecular flexibility index (Phi) is 4.80. The Hall–Kier alpha value is -0.350. The summed E-state index contributed by atoms with van der Waals surface area (Å²) in [4.78, 5) is 0. The zero-order valence-electron chi connectivity index (χ0n) is 9.76. The third-order valence-corrected chi connectivity index (χ3v) is 3.45. The summed E-state index contributed by atoms with van der Waals surface area (Å²) in [6.45, 7) is 7.21. The molecule has 0 aliphatic carbocycles. The number of aryl methyl sites for hydroxylation is 2. The van der Waals surface area contributed by atoms with Crippen LogP contribution < -0.4 is 5.73 Å². The van der Waals surface area contributed by atoms with Crippen molar-refractivity contribution < 1.29 is 0 Å². The van der Waals surface area contributed by atoms with Crippen LogP contribution in [0.2, 0.25) is 0 Å². The maximum Gasteiger partial charge on any atom is 0.0766 e. The number of aromatic nitrogens is 2. The second kappa shape index (κ2) is 5.66. The molecular formula is C11H20BrN3. The van der Waals surface area contributed by atoms with Crippen molar-refractivity contribution in [2.75, 3.05) is 0 Å². The summed E-state index contributed by atoms with van der Waals surface area (Å²) in [5, 5.41) is 4.55. The highest BCUT2D eigenvalue weighted by atomic mass is 79.9. The van der Waals surface area contributed by atoms with Crippen LogP contribution in [0, 0.1) is 0 Å². The molecule has 2 N–H and O–H groups in total. The van der Waals surface area contributed by atoms with Crippen molar-refractivity contribution in [3.8, 4) is 0 Å². The SMILES string of the molecule is CCc1nn(CC)c(CCC(C)N)c1Br.